The van der Waals surface area contributed by atoms with E-state index in [1.807, 2.05) is 44.3 Å². The van der Waals surface area contributed by atoms with Crippen molar-refractivity contribution in [3.05, 3.63) is 17.0 Å². The quantitative estimate of drug-likeness (QED) is 0.732. The van der Waals surface area contributed by atoms with E-state index >= 15 is 0 Å². The van der Waals surface area contributed by atoms with Crippen molar-refractivity contribution in [2.75, 3.05) is 0 Å². The molecular formula is C15H23N3O2. The number of nitrogens with zero attached hydrogens (tertiary/aromatic N) is 3. The molecule has 0 radical (unpaired) electrons. The Morgan fingerprint density at radius 3 is 2.70 bits per heavy atom. The van der Waals surface area contributed by atoms with Gasteiger partial charge in [0.25, 0.3) is 0 Å². The van der Waals surface area contributed by atoms with Crippen LogP contribution in [0.3, 0.4) is 0 Å². The molecule has 0 N–H and O–H groups in total. The Morgan fingerprint density at radius 2 is 2.05 bits per heavy atom. The molecule has 0 aliphatic carbocycles. The highest BCUT2D eigenvalue weighted by molar-refractivity contribution is 5.70. The maximum Gasteiger partial charge on any atom is 0.411 e. The SMILES string of the molecule is Cc1nn(C)c2c1C1CCC(C2)N1C(=O)OC(C)(C)C. The Labute approximate surface area is 119 Å². The molecule has 20 heavy (non-hydrogen) atoms. The minimum atomic E-state index is -0.444. The van der Waals surface area contributed by atoms with E-state index in [-0.39, 0.29) is 18.2 Å². The number of ether oxygens (including phenoxy) is 1. The zero-order chi connectivity index (χ0) is 14.7. The van der Waals surface area contributed by atoms with Gasteiger partial charge in [-0.15, -0.1) is 0 Å². The first kappa shape index (κ1) is 13.5. The summed E-state index contributed by atoms with van der Waals surface area (Å²) in [5.41, 5.74) is 3.13. The highest BCUT2D eigenvalue weighted by atomic mass is 16.6. The van der Waals surface area contributed by atoms with Crippen molar-refractivity contribution in [2.45, 2.75) is 64.6 Å². The van der Waals surface area contributed by atoms with Crippen molar-refractivity contribution >= 4 is 6.09 Å². The van der Waals surface area contributed by atoms with Crippen LogP contribution in [-0.2, 0) is 18.2 Å². The topological polar surface area (TPSA) is 47.4 Å². The molecule has 2 aliphatic heterocycles. The zero-order valence-corrected chi connectivity index (χ0v) is 12.9. The number of amides is 1. The van der Waals surface area contributed by atoms with Crippen molar-refractivity contribution in [1.82, 2.24) is 14.7 Å². The predicted molar refractivity (Wildman–Crippen MR) is 75.5 cm³/mol. The molecule has 0 saturated carbocycles. The van der Waals surface area contributed by atoms with Gasteiger partial charge in [0.1, 0.15) is 5.60 Å². The van der Waals surface area contributed by atoms with E-state index < -0.39 is 5.60 Å². The fraction of sp³-hybridized carbons (Fsp3) is 0.733. The van der Waals surface area contributed by atoms with Crippen LogP contribution in [0, 0.1) is 6.92 Å². The molecule has 0 aromatic carbocycles. The number of rotatable bonds is 0. The van der Waals surface area contributed by atoms with Crippen LogP contribution in [0.2, 0.25) is 0 Å². The lowest BCUT2D eigenvalue weighted by Crippen LogP contribution is -2.44. The number of hydrogen-bond acceptors (Lipinski definition) is 3. The maximum absolute atomic E-state index is 12.5. The van der Waals surface area contributed by atoms with Gasteiger partial charge in [0.05, 0.1) is 11.7 Å². The van der Waals surface area contributed by atoms with Crippen molar-refractivity contribution in [2.24, 2.45) is 7.05 Å². The van der Waals surface area contributed by atoms with Crippen LogP contribution in [0.25, 0.3) is 0 Å². The number of fused-ring (bicyclic) bond motifs is 4. The molecule has 1 fully saturated rings. The highest BCUT2D eigenvalue weighted by Gasteiger charge is 2.46. The Hall–Kier alpha value is -1.52. The monoisotopic (exact) mass is 277 g/mol. The van der Waals surface area contributed by atoms with Crippen LogP contribution in [0.15, 0.2) is 0 Å². The molecule has 3 rings (SSSR count). The first-order valence-corrected chi connectivity index (χ1v) is 7.31. The van der Waals surface area contributed by atoms with E-state index in [2.05, 4.69) is 5.10 Å². The molecule has 2 aliphatic rings. The van der Waals surface area contributed by atoms with Gasteiger partial charge in [0.2, 0.25) is 0 Å². The minimum Gasteiger partial charge on any atom is -0.444 e. The van der Waals surface area contributed by atoms with E-state index in [0.29, 0.717) is 0 Å². The number of carbonyl (C=O) groups is 1. The summed E-state index contributed by atoms with van der Waals surface area (Å²) >= 11 is 0. The van der Waals surface area contributed by atoms with Crippen LogP contribution in [-0.4, -0.2) is 32.4 Å². The highest BCUT2D eigenvalue weighted by Crippen LogP contribution is 2.45. The molecule has 1 aromatic rings. The predicted octanol–water partition coefficient (Wildman–Crippen LogP) is 2.73. The molecule has 1 amide bonds. The third-order valence-corrected chi connectivity index (χ3v) is 4.26. The van der Waals surface area contributed by atoms with Gasteiger partial charge in [0.15, 0.2) is 0 Å². The number of hydrogen-bond donors (Lipinski definition) is 0. The lowest BCUT2D eigenvalue weighted by Gasteiger charge is -2.36. The van der Waals surface area contributed by atoms with Crippen LogP contribution < -0.4 is 0 Å². The van der Waals surface area contributed by atoms with Gasteiger partial charge in [-0.1, -0.05) is 0 Å². The Bertz CT molecular complexity index is 556. The lowest BCUT2D eigenvalue weighted by atomic mass is 9.98. The fourth-order valence-corrected chi connectivity index (χ4v) is 3.58. The number of aromatic nitrogens is 2. The second-order valence-corrected chi connectivity index (χ2v) is 6.91. The van der Waals surface area contributed by atoms with Crippen LogP contribution in [0.1, 0.15) is 56.6 Å². The third-order valence-electron chi connectivity index (χ3n) is 4.26. The maximum atomic E-state index is 12.5. The molecule has 2 atom stereocenters. The van der Waals surface area contributed by atoms with E-state index in [1.54, 1.807) is 0 Å². The molecule has 110 valence electrons. The van der Waals surface area contributed by atoms with E-state index in [9.17, 15) is 4.79 Å². The summed E-state index contributed by atoms with van der Waals surface area (Å²) < 4.78 is 7.55. The van der Waals surface area contributed by atoms with E-state index in [1.165, 1.54) is 11.3 Å². The molecule has 2 unspecified atom stereocenters. The zero-order valence-electron chi connectivity index (χ0n) is 12.9. The fourth-order valence-electron chi connectivity index (χ4n) is 3.58. The van der Waals surface area contributed by atoms with Crippen molar-refractivity contribution in [3.8, 4) is 0 Å². The lowest BCUT2D eigenvalue weighted by molar-refractivity contribution is 0.0122. The third kappa shape index (κ3) is 2.00. The van der Waals surface area contributed by atoms with Gasteiger partial charge >= 0.3 is 6.09 Å². The molecular weight excluding hydrogens is 254 g/mol. The van der Waals surface area contributed by atoms with Crippen LogP contribution in [0.4, 0.5) is 4.79 Å². The molecule has 2 bridgehead atoms. The van der Waals surface area contributed by atoms with E-state index in [4.69, 9.17) is 4.74 Å². The van der Waals surface area contributed by atoms with Crippen molar-refractivity contribution in [1.29, 1.82) is 0 Å². The second-order valence-electron chi connectivity index (χ2n) is 6.91. The number of aryl methyl sites for hydroxylation is 2. The molecule has 5 heteroatoms. The van der Waals surface area contributed by atoms with Gasteiger partial charge in [-0.3, -0.25) is 9.58 Å². The average molecular weight is 277 g/mol. The number of carbonyl (C=O) groups excluding carboxylic acids is 1. The van der Waals surface area contributed by atoms with Gasteiger partial charge in [0, 0.05) is 30.8 Å². The van der Waals surface area contributed by atoms with E-state index in [0.717, 1.165) is 25.0 Å². The first-order valence-electron chi connectivity index (χ1n) is 7.31. The van der Waals surface area contributed by atoms with Gasteiger partial charge in [-0.05, 0) is 40.5 Å². The summed E-state index contributed by atoms with van der Waals surface area (Å²) in [4.78, 5) is 14.4. The summed E-state index contributed by atoms with van der Waals surface area (Å²) in [7, 11) is 1.99. The molecule has 0 spiro atoms. The molecule has 5 nitrogen and oxygen atoms in total. The standard InChI is InChI=1S/C15H23N3O2/c1-9-13-11-7-6-10(8-12(13)17(5)16-9)18(11)14(19)20-15(2,3)4/h10-11H,6-8H2,1-5H3. The average Bonchev–Trinajstić information content (AvgIpc) is 2.75. The van der Waals surface area contributed by atoms with Crippen molar-refractivity contribution < 1.29 is 9.53 Å². The van der Waals surface area contributed by atoms with Crippen LogP contribution >= 0.6 is 0 Å². The molecule has 1 saturated heterocycles. The smallest absolute Gasteiger partial charge is 0.411 e. The summed E-state index contributed by atoms with van der Waals surface area (Å²) in [6, 6.07) is 0.407. The summed E-state index contributed by atoms with van der Waals surface area (Å²) in [5.74, 6) is 0. The summed E-state index contributed by atoms with van der Waals surface area (Å²) in [6.45, 7) is 7.78. The normalized spacial score (nSPS) is 24.8. The van der Waals surface area contributed by atoms with Gasteiger partial charge < -0.3 is 4.74 Å². The Balaban J connectivity index is 1.93. The summed E-state index contributed by atoms with van der Waals surface area (Å²) in [6.07, 6.45) is 2.78. The van der Waals surface area contributed by atoms with Crippen molar-refractivity contribution in [3.63, 3.8) is 0 Å². The molecule has 1 aromatic heterocycles. The van der Waals surface area contributed by atoms with Crippen LogP contribution in [0.5, 0.6) is 0 Å². The van der Waals surface area contributed by atoms with Gasteiger partial charge in [-0.2, -0.15) is 5.10 Å². The largest absolute Gasteiger partial charge is 0.444 e. The Morgan fingerprint density at radius 1 is 1.35 bits per heavy atom. The summed E-state index contributed by atoms with van der Waals surface area (Å²) in [5, 5.41) is 4.52. The van der Waals surface area contributed by atoms with Gasteiger partial charge in [-0.25, -0.2) is 4.79 Å². The second kappa shape index (κ2) is 4.24. The minimum absolute atomic E-state index is 0.146. The molecule has 3 heterocycles. The Kier molecular flexibility index (Phi) is 2.85. The first-order chi connectivity index (χ1) is 9.28.